The van der Waals surface area contributed by atoms with Crippen LogP contribution in [0.2, 0.25) is 0 Å². The third-order valence-electron chi connectivity index (χ3n) is 2.36. The van der Waals surface area contributed by atoms with Crippen LogP contribution in [0.4, 0.5) is 5.69 Å². The van der Waals surface area contributed by atoms with Crippen LogP contribution in [0.5, 0.6) is 5.75 Å². The maximum atomic E-state index is 10.8. The quantitative estimate of drug-likeness (QED) is 0.450. The molecule has 7 heteroatoms. The maximum absolute atomic E-state index is 10.8. The molecule has 0 saturated heterocycles. The van der Waals surface area contributed by atoms with E-state index in [1.165, 1.54) is 6.07 Å². The molecular weight excluding hydrogens is 380 g/mol. The molecule has 5 nitrogen and oxygen atoms in total. The summed E-state index contributed by atoms with van der Waals surface area (Å²) in [5.74, 6) is 0.584. The van der Waals surface area contributed by atoms with Gasteiger partial charge in [0.15, 0.2) is 5.75 Å². The number of nitro benzene ring substituents is 1. The monoisotopic (exact) mass is 386 g/mol. The normalized spacial score (nSPS) is 10.2. The van der Waals surface area contributed by atoms with E-state index in [0.29, 0.717) is 20.4 Å². The van der Waals surface area contributed by atoms with E-state index < -0.39 is 4.92 Å². The van der Waals surface area contributed by atoms with E-state index in [4.69, 9.17) is 4.74 Å². The van der Waals surface area contributed by atoms with Gasteiger partial charge in [0.25, 0.3) is 5.69 Å². The Morgan fingerprint density at radius 3 is 2.74 bits per heavy atom. The van der Waals surface area contributed by atoms with Crippen molar-refractivity contribution in [2.24, 2.45) is 0 Å². The molecule has 19 heavy (non-hydrogen) atoms. The van der Waals surface area contributed by atoms with Crippen molar-refractivity contribution in [3.63, 3.8) is 0 Å². The molecule has 98 valence electrons. The Balaban J connectivity index is 2.19. The fraction of sp³-hybridized carbons (Fsp3) is 0.0833. The standard InChI is InChI=1S/C12H8Br2N2O3/c13-11-8(3-1-4-9(11)16(17)18)7-19-10-5-2-6-15-12(10)14/h1-6H,7H2. The van der Waals surface area contributed by atoms with Crippen molar-refractivity contribution in [1.82, 2.24) is 4.98 Å². The third-order valence-corrected chi connectivity index (χ3v) is 3.87. The first-order valence-electron chi connectivity index (χ1n) is 5.24. The van der Waals surface area contributed by atoms with E-state index in [1.807, 2.05) is 0 Å². The van der Waals surface area contributed by atoms with Gasteiger partial charge in [-0.2, -0.15) is 0 Å². The molecule has 0 radical (unpaired) electrons. The lowest BCUT2D eigenvalue weighted by Gasteiger charge is -2.08. The van der Waals surface area contributed by atoms with Crippen molar-refractivity contribution in [3.8, 4) is 5.75 Å². The molecule has 0 bridgehead atoms. The number of hydrogen-bond acceptors (Lipinski definition) is 4. The average molecular weight is 388 g/mol. The van der Waals surface area contributed by atoms with Crippen molar-refractivity contribution >= 4 is 37.5 Å². The molecule has 2 aromatic rings. The highest BCUT2D eigenvalue weighted by Crippen LogP contribution is 2.30. The van der Waals surface area contributed by atoms with Crippen LogP contribution >= 0.6 is 31.9 Å². The number of ether oxygens (including phenoxy) is 1. The summed E-state index contributed by atoms with van der Waals surface area (Å²) in [6, 6.07) is 8.35. The smallest absolute Gasteiger partial charge is 0.283 e. The van der Waals surface area contributed by atoms with Gasteiger partial charge in [-0.1, -0.05) is 12.1 Å². The third kappa shape index (κ3) is 3.30. The second-order valence-electron chi connectivity index (χ2n) is 3.59. The van der Waals surface area contributed by atoms with Crippen LogP contribution in [0.15, 0.2) is 45.6 Å². The molecule has 0 aliphatic rings. The molecule has 1 heterocycles. The summed E-state index contributed by atoms with van der Waals surface area (Å²) in [5, 5.41) is 10.8. The van der Waals surface area contributed by atoms with Crippen molar-refractivity contribution in [1.29, 1.82) is 0 Å². The fourth-order valence-corrected chi connectivity index (χ4v) is 2.34. The molecule has 2 rings (SSSR count). The number of benzene rings is 1. The van der Waals surface area contributed by atoms with Gasteiger partial charge in [-0.3, -0.25) is 10.1 Å². The maximum Gasteiger partial charge on any atom is 0.283 e. The minimum Gasteiger partial charge on any atom is -0.486 e. The first-order chi connectivity index (χ1) is 9.09. The predicted molar refractivity (Wildman–Crippen MR) is 77.1 cm³/mol. The number of nitro groups is 1. The molecule has 0 aliphatic heterocycles. The Labute approximate surface area is 126 Å². The van der Waals surface area contributed by atoms with Crippen LogP contribution in [-0.4, -0.2) is 9.91 Å². The number of nitrogens with zero attached hydrogens (tertiary/aromatic N) is 2. The van der Waals surface area contributed by atoms with Gasteiger partial charge in [0.1, 0.15) is 15.7 Å². The minimum atomic E-state index is -0.437. The molecular formula is C12H8Br2N2O3. The predicted octanol–water partition coefficient (Wildman–Crippen LogP) is 4.09. The molecule has 0 N–H and O–H groups in total. The van der Waals surface area contributed by atoms with E-state index in [-0.39, 0.29) is 12.3 Å². The number of aromatic nitrogens is 1. The molecule has 0 spiro atoms. The summed E-state index contributed by atoms with van der Waals surface area (Å²) in [7, 11) is 0. The highest BCUT2D eigenvalue weighted by Gasteiger charge is 2.15. The first-order valence-corrected chi connectivity index (χ1v) is 6.83. The Bertz CT molecular complexity index is 620. The highest BCUT2D eigenvalue weighted by atomic mass is 79.9. The first kappa shape index (κ1) is 14.0. The van der Waals surface area contributed by atoms with E-state index >= 15 is 0 Å². The lowest BCUT2D eigenvalue weighted by atomic mass is 10.2. The number of halogens is 2. The Kier molecular flexibility index (Phi) is 4.49. The molecule has 0 fully saturated rings. The zero-order valence-electron chi connectivity index (χ0n) is 9.55. The molecule has 0 atom stereocenters. The summed E-state index contributed by atoms with van der Waals surface area (Å²) in [4.78, 5) is 14.4. The fourth-order valence-electron chi connectivity index (χ4n) is 1.45. The largest absolute Gasteiger partial charge is 0.486 e. The highest BCUT2D eigenvalue weighted by molar-refractivity contribution is 9.10. The van der Waals surface area contributed by atoms with Crippen molar-refractivity contribution in [2.75, 3.05) is 0 Å². The number of pyridine rings is 1. The van der Waals surface area contributed by atoms with E-state index in [2.05, 4.69) is 36.8 Å². The van der Waals surface area contributed by atoms with Gasteiger partial charge in [0.05, 0.1) is 4.92 Å². The van der Waals surface area contributed by atoms with Gasteiger partial charge < -0.3 is 4.74 Å². The van der Waals surface area contributed by atoms with Crippen LogP contribution in [0.3, 0.4) is 0 Å². The second-order valence-corrected chi connectivity index (χ2v) is 5.13. The van der Waals surface area contributed by atoms with Gasteiger partial charge in [-0.05, 0) is 44.0 Å². The van der Waals surface area contributed by atoms with Gasteiger partial charge >= 0.3 is 0 Å². The average Bonchev–Trinajstić information content (AvgIpc) is 2.39. The SMILES string of the molecule is O=[N+]([O-])c1cccc(COc2cccnc2Br)c1Br. The van der Waals surface area contributed by atoms with Crippen molar-refractivity contribution in [3.05, 3.63) is 61.3 Å². The Morgan fingerprint density at radius 1 is 1.26 bits per heavy atom. The second kappa shape index (κ2) is 6.12. The van der Waals surface area contributed by atoms with Crippen molar-refractivity contribution < 1.29 is 9.66 Å². The van der Waals surface area contributed by atoms with E-state index in [1.54, 1.807) is 30.5 Å². The molecule has 1 aromatic carbocycles. The van der Waals surface area contributed by atoms with E-state index in [0.717, 1.165) is 0 Å². The summed E-state index contributed by atoms with van der Waals surface area (Å²) in [6.07, 6.45) is 1.64. The number of rotatable bonds is 4. The molecule has 1 aromatic heterocycles. The molecule has 0 amide bonds. The molecule has 0 unspecified atom stereocenters. The summed E-state index contributed by atoms with van der Waals surface area (Å²) < 4.78 is 6.60. The summed E-state index contributed by atoms with van der Waals surface area (Å²) in [6.45, 7) is 0.215. The van der Waals surface area contributed by atoms with Gasteiger partial charge in [0.2, 0.25) is 0 Å². The van der Waals surface area contributed by atoms with Crippen LogP contribution in [0, 0.1) is 10.1 Å². The number of hydrogen-bond donors (Lipinski definition) is 0. The summed E-state index contributed by atoms with van der Waals surface area (Å²) in [5.41, 5.74) is 0.719. The van der Waals surface area contributed by atoms with E-state index in [9.17, 15) is 10.1 Å². The zero-order valence-corrected chi connectivity index (χ0v) is 12.7. The van der Waals surface area contributed by atoms with Crippen LogP contribution in [0.25, 0.3) is 0 Å². The lowest BCUT2D eigenvalue weighted by Crippen LogP contribution is -1.99. The Morgan fingerprint density at radius 2 is 2.05 bits per heavy atom. The van der Waals surface area contributed by atoms with Crippen LogP contribution < -0.4 is 4.74 Å². The lowest BCUT2D eigenvalue weighted by molar-refractivity contribution is -0.385. The van der Waals surface area contributed by atoms with Crippen LogP contribution in [-0.2, 0) is 6.61 Å². The summed E-state index contributed by atoms with van der Waals surface area (Å²) >= 11 is 6.49. The topological polar surface area (TPSA) is 65.3 Å². The van der Waals surface area contributed by atoms with Gasteiger partial charge in [-0.15, -0.1) is 0 Å². The van der Waals surface area contributed by atoms with Crippen molar-refractivity contribution in [2.45, 2.75) is 6.61 Å². The Hall–Kier alpha value is -1.47. The molecule has 0 saturated carbocycles. The van der Waals surface area contributed by atoms with Gasteiger partial charge in [0, 0.05) is 17.8 Å². The van der Waals surface area contributed by atoms with Gasteiger partial charge in [-0.25, -0.2) is 4.98 Å². The minimum absolute atomic E-state index is 0.0198. The molecule has 0 aliphatic carbocycles. The van der Waals surface area contributed by atoms with Crippen LogP contribution in [0.1, 0.15) is 5.56 Å². The zero-order chi connectivity index (χ0) is 13.8.